The molecular formula is C26H34Cl2N2O. The van der Waals surface area contributed by atoms with Gasteiger partial charge in [0.05, 0.1) is 19.5 Å². The molecule has 0 fully saturated rings. The summed E-state index contributed by atoms with van der Waals surface area (Å²) in [5, 5.41) is 1.24. The maximum atomic E-state index is 6.44. The molecular weight excluding hydrogens is 427 g/mol. The van der Waals surface area contributed by atoms with E-state index in [4.69, 9.17) is 27.9 Å². The zero-order chi connectivity index (χ0) is 22.6. The van der Waals surface area contributed by atoms with Crippen molar-refractivity contribution in [1.82, 2.24) is 9.55 Å². The molecule has 1 atom stereocenters. The highest BCUT2D eigenvalue weighted by molar-refractivity contribution is 6.35. The molecule has 31 heavy (non-hydrogen) atoms. The maximum Gasteiger partial charge on any atom is 0.102 e. The van der Waals surface area contributed by atoms with E-state index in [1.165, 1.54) is 16.7 Å². The largest absolute Gasteiger partial charge is 0.368 e. The molecule has 1 aromatic heterocycles. The fraction of sp³-hybridized carbons (Fsp3) is 0.423. The lowest BCUT2D eigenvalue weighted by Crippen LogP contribution is -2.13. The SMILES string of the molecule is CC(C)=CCCC(C)=CCCC(C)=CCOC(Cn1ccnc1)c1ccc(Cl)cc1Cl. The van der Waals surface area contributed by atoms with Crippen molar-refractivity contribution in [3.8, 4) is 0 Å². The van der Waals surface area contributed by atoms with Gasteiger partial charge in [-0.1, -0.05) is 64.2 Å². The lowest BCUT2D eigenvalue weighted by molar-refractivity contribution is 0.0603. The second-order valence-corrected chi connectivity index (χ2v) is 9.05. The van der Waals surface area contributed by atoms with Gasteiger partial charge in [0.2, 0.25) is 0 Å². The number of imidazole rings is 1. The Morgan fingerprint density at radius 2 is 1.74 bits per heavy atom. The van der Waals surface area contributed by atoms with E-state index in [0.717, 1.165) is 31.2 Å². The van der Waals surface area contributed by atoms with Crippen LogP contribution in [0.4, 0.5) is 0 Å². The first-order valence-corrected chi connectivity index (χ1v) is 11.6. The Morgan fingerprint density at radius 1 is 1.03 bits per heavy atom. The Kier molecular flexibility index (Phi) is 11.1. The summed E-state index contributed by atoms with van der Waals surface area (Å²) >= 11 is 12.5. The number of nitrogens with zero attached hydrogens (tertiary/aromatic N) is 2. The van der Waals surface area contributed by atoms with Gasteiger partial charge in [-0.05, 0) is 65.5 Å². The number of benzene rings is 1. The molecule has 0 spiro atoms. The van der Waals surface area contributed by atoms with E-state index in [2.05, 4.69) is 50.9 Å². The van der Waals surface area contributed by atoms with Crippen LogP contribution >= 0.6 is 23.2 Å². The van der Waals surface area contributed by atoms with Crippen LogP contribution in [0, 0.1) is 0 Å². The number of allylic oxidation sites excluding steroid dienone is 5. The first-order chi connectivity index (χ1) is 14.8. The van der Waals surface area contributed by atoms with Crippen LogP contribution in [-0.4, -0.2) is 16.2 Å². The molecule has 0 aliphatic heterocycles. The summed E-state index contributed by atoms with van der Waals surface area (Å²) in [6.07, 6.45) is 16.5. The molecule has 168 valence electrons. The van der Waals surface area contributed by atoms with E-state index in [1.54, 1.807) is 18.6 Å². The third kappa shape index (κ3) is 9.90. The highest BCUT2D eigenvalue weighted by Gasteiger charge is 2.16. The fourth-order valence-electron chi connectivity index (χ4n) is 3.24. The van der Waals surface area contributed by atoms with Crippen LogP contribution in [0.3, 0.4) is 0 Å². The molecule has 3 nitrogen and oxygen atoms in total. The number of ether oxygens (including phenoxy) is 1. The molecule has 2 aromatic rings. The van der Waals surface area contributed by atoms with E-state index in [1.807, 2.05) is 22.9 Å². The summed E-state index contributed by atoms with van der Waals surface area (Å²) < 4.78 is 8.22. The topological polar surface area (TPSA) is 27.1 Å². The van der Waals surface area contributed by atoms with Crippen molar-refractivity contribution in [2.75, 3.05) is 6.61 Å². The summed E-state index contributed by atoms with van der Waals surface area (Å²) in [4.78, 5) is 4.12. The predicted molar refractivity (Wildman–Crippen MR) is 133 cm³/mol. The minimum Gasteiger partial charge on any atom is -0.368 e. The molecule has 0 radical (unpaired) electrons. The summed E-state index contributed by atoms with van der Waals surface area (Å²) in [7, 11) is 0. The lowest BCUT2D eigenvalue weighted by Gasteiger charge is -2.20. The summed E-state index contributed by atoms with van der Waals surface area (Å²) in [6.45, 7) is 9.86. The van der Waals surface area contributed by atoms with Gasteiger partial charge in [-0.25, -0.2) is 4.98 Å². The van der Waals surface area contributed by atoms with Crippen LogP contribution in [0.2, 0.25) is 10.0 Å². The summed E-state index contributed by atoms with van der Waals surface area (Å²) in [5.41, 5.74) is 5.11. The van der Waals surface area contributed by atoms with Crippen molar-refractivity contribution in [1.29, 1.82) is 0 Å². The Bertz CT molecular complexity index is 894. The van der Waals surface area contributed by atoms with Gasteiger partial charge in [-0.2, -0.15) is 0 Å². The van der Waals surface area contributed by atoms with E-state index in [-0.39, 0.29) is 6.10 Å². The van der Waals surface area contributed by atoms with Crippen molar-refractivity contribution < 1.29 is 4.74 Å². The molecule has 1 aromatic carbocycles. The first-order valence-electron chi connectivity index (χ1n) is 10.8. The molecule has 0 aliphatic rings. The van der Waals surface area contributed by atoms with Crippen molar-refractivity contribution >= 4 is 23.2 Å². The van der Waals surface area contributed by atoms with E-state index >= 15 is 0 Å². The van der Waals surface area contributed by atoms with Gasteiger partial charge in [0.1, 0.15) is 6.10 Å². The molecule has 0 saturated carbocycles. The van der Waals surface area contributed by atoms with Crippen LogP contribution in [0.15, 0.2) is 71.9 Å². The van der Waals surface area contributed by atoms with E-state index < -0.39 is 0 Å². The first kappa shape index (κ1) is 25.5. The molecule has 0 bridgehead atoms. The Morgan fingerprint density at radius 3 is 2.39 bits per heavy atom. The second-order valence-electron chi connectivity index (χ2n) is 8.21. The van der Waals surface area contributed by atoms with Crippen LogP contribution in [0.25, 0.3) is 0 Å². The zero-order valence-corrected chi connectivity index (χ0v) is 20.6. The van der Waals surface area contributed by atoms with Crippen molar-refractivity contribution in [3.63, 3.8) is 0 Å². The lowest BCUT2D eigenvalue weighted by atomic mass is 10.1. The van der Waals surface area contributed by atoms with Crippen molar-refractivity contribution in [2.24, 2.45) is 0 Å². The maximum absolute atomic E-state index is 6.44. The molecule has 2 rings (SSSR count). The molecule has 1 heterocycles. The fourth-order valence-corrected chi connectivity index (χ4v) is 3.77. The van der Waals surface area contributed by atoms with Gasteiger partial charge in [-0.3, -0.25) is 0 Å². The highest BCUT2D eigenvalue weighted by atomic mass is 35.5. The zero-order valence-electron chi connectivity index (χ0n) is 19.1. The minimum absolute atomic E-state index is 0.180. The number of hydrogen-bond acceptors (Lipinski definition) is 2. The van der Waals surface area contributed by atoms with E-state index in [9.17, 15) is 0 Å². The van der Waals surface area contributed by atoms with Crippen LogP contribution in [0.1, 0.15) is 65.0 Å². The monoisotopic (exact) mass is 460 g/mol. The molecule has 0 N–H and O–H groups in total. The average molecular weight is 461 g/mol. The van der Waals surface area contributed by atoms with Gasteiger partial charge in [0.15, 0.2) is 0 Å². The third-order valence-electron chi connectivity index (χ3n) is 5.10. The predicted octanol–water partition coefficient (Wildman–Crippen LogP) is 8.37. The van der Waals surface area contributed by atoms with Crippen LogP contribution in [-0.2, 0) is 11.3 Å². The van der Waals surface area contributed by atoms with Gasteiger partial charge < -0.3 is 9.30 Å². The summed E-state index contributed by atoms with van der Waals surface area (Å²) in [5.74, 6) is 0. The number of hydrogen-bond donors (Lipinski definition) is 0. The Hall–Kier alpha value is -1.81. The van der Waals surface area contributed by atoms with Gasteiger partial charge in [0.25, 0.3) is 0 Å². The summed E-state index contributed by atoms with van der Waals surface area (Å²) in [6, 6.07) is 5.54. The molecule has 0 aliphatic carbocycles. The van der Waals surface area contributed by atoms with Gasteiger partial charge in [-0.15, -0.1) is 0 Å². The molecule has 1 unspecified atom stereocenters. The Balaban J connectivity index is 1.90. The van der Waals surface area contributed by atoms with Crippen LogP contribution < -0.4 is 0 Å². The normalized spacial score (nSPS) is 13.4. The highest BCUT2D eigenvalue weighted by Crippen LogP contribution is 2.29. The smallest absolute Gasteiger partial charge is 0.102 e. The van der Waals surface area contributed by atoms with Gasteiger partial charge in [0, 0.05) is 28.0 Å². The quantitative estimate of drug-likeness (QED) is 0.297. The standard InChI is InChI=1S/C26H34Cl2N2O/c1-20(2)7-5-8-21(3)9-6-10-22(4)13-16-31-26(18-30-15-14-29-19-30)24-12-11-23(27)17-25(24)28/h7,9,11-15,17,19,26H,5-6,8,10,16,18H2,1-4H3. The van der Waals surface area contributed by atoms with E-state index in [0.29, 0.717) is 23.2 Å². The minimum atomic E-state index is -0.180. The molecule has 0 saturated heterocycles. The van der Waals surface area contributed by atoms with Crippen molar-refractivity contribution in [3.05, 3.63) is 87.5 Å². The van der Waals surface area contributed by atoms with Gasteiger partial charge >= 0.3 is 0 Å². The number of halogens is 2. The second kappa shape index (κ2) is 13.6. The molecule has 5 heteroatoms. The molecule has 0 amide bonds. The Labute approximate surface area is 197 Å². The number of aromatic nitrogens is 2. The average Bonchev–Trinajstić information content (AvgIpc) is 3.20. The third-order valence-corrected chi connectivity index (χ3v) is 5.66. The van der Waals surface area contributed by atoms with Crippen LogP contribution in [0.5, 0.6) is 0 Å². The number of rotatable bonds is 12. The van der Waals surface area contributed by atoms with Crippen molar-refractivity contribution in [2.45, 2.75) is 66.0 Å².